The molecule has 2 fully saturated rings. The number of ether oxygens (including phenoxy) is 1. The van der Waals surface area contributed by atoms with Gasteiger partial charge in [-0.15, -0.1) is 0 Å². The minimum Gasteiger partial charge on any atom is -0.494 e. The summed E-state index contributed by atoms with van der Waals surface area (Å²) in [4.78, 5) is 28.5. The Morgan fingerprint density at radius 2 is 1.96 bits per heavy atom. The number of carbonyl (C=O) groups excluding carboxylic acids is 2. The molecule has 1 saturated carbocycles. The Bertz CT molecular complexity index is 672. The first kappa shape index (κ1) is 19.6. The second-order valence-corrected chi connectivity index (χ2v) is 7.41. The van der Waals surface area contributed by atoms with Crippen LogP contribution in [0.3, 0.4) is 0 Å². The van der Waals surface area contributed by atoms with Gasteiger partial charge in [0.25, 0.3) is 0 Å². The first-order valence-corrected chi connectivity index (χ1v) is 9.66. The Labute approximate surface area is 160 Å². The van der Waals surface area contributed by atoms with Crippen molar-refractivity contribution in [3.63, 3.8) is 0 Å². The first-order chi connectivity index (χ1) is 13.0. The maximum atomic E-state index is 12.8. The number of nitrogens with two attached hydrogens (primary N) is 1. The van der Waals surface area contributed by atoms with Gasteiger partial charge in [-0.1, -0.05) is 12.1 Å². The van der Waals surface area contributed by atoms with Gasteiger partial charge in [-0.25, -0.2) is 0 Å². The summed E-state index contributed by atoms with van der Waals surface area (Å²) < 4.78 is 5.48. The average molecular weight is 375 g/mol. The van der Waals surface area contributed by atoms with Crippen LogP contribution in [-0.2, 0) is 16.1 Å². The van der Waals surface area contributed by atoms with Crippen molar-refractivity contribution in [2.45, 2.75) is 38.8 Å². The van der Waals surface area contributed by atoms with E-state index in [4.69, 9.17) is 10.5 Å². The Morgan fingerprint density at radius 1 is 1.26 bits per heavy atom. The number of hydrogen-bond donors (Lipinski definition) is 2. The lowest BCUT2D eigenvalue weighted by Crippen LogP contribution is -2.57. The summed E-state index contributed by atoms with van der Waals surface area (Å²) in [7, 11) is 0. The number of carbonyl (C=O) groups is 2. The molecule has 0 spiro atoms. The summed E-state index contributed by atoms with van der Waals surface area (Å²) in [6.07, 6.45) is 1.70. The second kappa shape index (κ2) is 8.27. The molecule has 2 aliphatic rings. The summed E-state index contributed by atoms with van der Waals surface area (Å²) in [6, 6.07) is 8.07. The fourth-order valence-electron chi connectivity index (χ4n) is 3.79. The number of rotatable bonds is 8. The molecule has 0 aromatic heterocycles. The number of piperazine rings is 1. The SMILES string of the molecule is CCOc1ccc(CN2CCN(C(=O)C3(C(N)=O)CC3)CC2CCO)cc1. The Hall–Kier alpha value is -2.12. The zero-order valence-electron chi connectivity index (χ0n) is 15.9. The number of hydrogen-bond acceptors (Lipinski definition) is 5. The van der Waals surface area contributed by atoms with E-state index >= 15 is 0 Å². The third-order valence-electron chi connectivity index (χ3n) is 5.61. The average Bonchev–Trinajstić information content (AvgIpc) is 3.47. The van der Waals surface area contributed by atoms with Crippen molar-refractivity contribution in [2.75, 3.05) is 32.8 Å². The molecule has 7 heteroatoms. The number of benzene rings is 1. The monoisotopic (exact) mass is 375 g/mol. The van der Waals surface area contributed by atoms with E-state index in [2.05, 4.69) is 4.90 Å². The van der Waals surface area contributed by atoms with Crippen LogP contribution in [0.1, 0.15) is 31.7 Å². The van der Waals surface area contributed by atoms with Crippen LogP contribution in [0.4, 0.5) is 0 Å². The van der Waals surface area contributed by atoms with Crippen molar-refractivity contribution in [3.8, 4) is 5.75 Å². The zero-order valence-corrected chi connectivity index (χ0v) is 15.9. The van der Waals surface area contributed by atoms with Crippen LogP contribution >= 0.6 is 0 Å². The molecule has 27 heavy (non-hydrogen) atoms. The molecule has 1 saturated heterocycles. The number of primary amides is 1. The quantitative estimate of drug-likeness (QED) is 0.654. The maximum absolute atomic E-state index is 12.8. The van der Waals surface area contributed by atoms with E-state index in [0.717, 1.165) is 17.9 Å². The minimum absolute atomic E-state index is 0.0583. The van der Waals surface area contributed by atoms with Gasteiger partial charge in [0.15, 0.2) is 0 Å². The molecule has 1 atom stereocenters. The van der Waals surface area contributed by atoms with Crippen LogP contribution in [0.25, 0.3) is 0 Å². The standard InChI is InChI=1S/C20H29N3O4/c1-2-27-17-5-3-15(4-6-17)13-22-10-11-23(14-16(22)7-12-24)19(26)20(8-9-20)18(21)25/h3-6,16,24H,2,7-14H2,1H3,(H2,21,25). The normalized spacial score (nSPS) is 21.7. The summed E-state index contributed by atoms with van der Waals surface area (Å²) >= 11 is 0. The summed E-state index contributed by atoms with van der Waals surface area (Å²) in [5, 5.41) is 9.46. The van der Waals surface area contributed by atoms with Crippen LogP contribution in [-0.4, -0.2) is 65.6 Å². The highest BCUT2D eigenvalue weighted by atomic mass is 16.5. The van der Waals surface area contributed by atoms with Gasteiger partial charge in [0, 0.05) is 38.8 Å². The highest BCUT2D eigenvalue weighted by Crippen LogP contribution is 2.47. The molecule has 1 aromatic rings. The van der Waals surface area contributed by atoms with Crippen LogP contribution in [0.2, 0.25) is 0 Å². The Kier molecular flexibility index (Phi) is 6.01. The molecule has 3 rings (SSSR count). The van der Waals surface area contributed by atoms with Crippen LogP contribution in [0, 0.1) is 5.41 Å². The molecule has 1 aliphatic heterocycles. The largest absolute Gasteiger partial charge is 0.494 e. The van der Waals surface area contributed by atoms with E-state index in [-0.39, 0.29) is 18.6 Å². The lowest BCUT2D eigenvalue weighted by molar-refractivity contribution is -0.145. The molecule has 7 nitrogen and oxygen atoms in total. The van der Waals surface area contributed by atoms with E-state index in [1.54, 1.807) is 4.90 Å². The van der Waals surface area contributed by atoms with Gasteiger partial charge in [-0.2, -0.15) is 0 Å². The van der Waals surface area contributed by atoms with Gasteiger partial charge < -0.3 is 20.5 Å². The minimum atomic E-state index is -0.971. The van der Waals surface area contributed by atoms with Gasteiger partial charge in [-0.3, -0.25) is 14.5 Å². The Balaban J connectivity index is 1.64. The molecule has 1 aliphatic carbocycles. The smallest absolute Gasteiger partial charge is 0.238 e. The number of aliphatic hydroxyl groups is 1. The molecule has 1 aromatic carbocycles. The molecule has 2 amide bonds. The lowest BCUT2D eigenvalue weighted by Gasteiger charge is -2.42. The van der Waals surface area contributed by atoms with E-state index in [1.165, 1.54) is 0 Å². The van der Waals surface area contributed by atoms with Crippen molar-refractivity contribution in [3.05, 3.63) is 29.8 Å². The fourth-order valence-corrected chi connectivity index (χ4v) is 3.79. The first-order valence-electron chi connectivity index (χ1n) is 9.66. The topological polar surface area (TPSA) is 96.1 Å². The van der Waals surface area contributed by atoms with E-state index < -0.39 is 11.3 Å². The predicted octanol–water partition coefficient (Wildman–Crippen LogP) is 0.746. The van der Waals surface area contributed by atoms with Crippen LogP contribution in [0.15, 0.2) is 24.3 Å². The highest BCUT2D eigenvalue weighted by Gasteiger charge is 2.57. The molecule has 0 bridgehead atoms. The number of nitrogens with zero attached hydrogens (tertiary/aromatic N) is 2. The maximum Gasteiger partial charge on any atom is 0.238 e. The van der Waals surface area contributed by atoms with E-state index in [9.17, 15) is 14.7 Å². The zero-order chi connectivity index (χ0) is 19.4. The number of aliphatic hydroxyl groups excluding tert-OH is 1. The van der Waals surface area contributed by atoms with Crippen molar-refractivity contribution < 1.29 is 19.4 Å². The summed E-state index contributed by atoms with van der Waals surface area (Å²) in [6.45, 7) is 5.21. The van der Waals surface area contributed by atoms with Gasteiger partial charge in [-0.05, 0) is 43.9 Å². The van der Waals surface area contributed by atoms with Crippen molar-refractivity contribution in [1.29, 1.82) is 0 Å². The molecule has 1 heterocycles. The second-order valence-electron chi connectivity index (χ2n) is 7.41. The predicted molar refractivity (Wildman–Crippen MR) is 101 cm³/mol. The highest BCUT2D eigenvalue weighted by molar-refractivity contribution is 6.07. The molecular weight excluding hydrogens is 346 g/mol. The molecular formula is C20H29N3O4. The third kappa shape index (κ3) is 4.25. The van der Waals surface area contributed by atoms with Crippen LogP contribution in [0.5, 0.6) is 5.75 Å². The van der Waals surface area contributed by atoms with Gasteiger partial charge in [0.2, 0.25) is 11.8 Å². The van der Waals surface area contributed by atoms with Crippen molar-refractivity contribution in [2.24, 2.45) is 11.1 Å². The number of amides is 2. The van der Waals surface area contributed by atoms with E-state index in [0.29, 0.717) is 45.5 Å². The lowest BCUT2D eigenvalue weighted by atomic mass is 10.0. The van der Waals surface area contributed by atoms with Crippen molar-refractivity contribution in [1.82, 2.24) is 9.80 Å². The van der Waals surface area contributed by atoms with Crippen LogP contribution < -0.4 is 10.5 Å². The summed E-state index contributed by atoms with van der Waals surface area (Å²) in [5.41, 5.74) is 5.64. The van der Waals surface area contributed by atoms with Gasteiger partial charge in [0.1, 0.15) is 11.2 Å². The molecule has 1 unspecified atom stereocenters. The van der Waals surface area contributed by atoms with Crippen molar-refractivity contribution >= 4 is 11.8 Å². The Morgan fingerprint density at radius 3 is 2.52 bits per heavy atom. The molecule has 3 N–H and O–H groups in total. The molecule has 148 valence electrons. The van der Waals surface area contributed by atoms with Gasteiger partial charge in [0.05, 0.1) is 6.61 Å². The molecule has 0 radical (unpaired) electrons. The fraction of sp³-hybridized carbons (Fsp3) is 0.600. The summed E-state index contributed by atoms with van der Waals surface area (Å²) in [5.74, 6) is 0.200. The van der Waals surface area contributed by atoms with Gasteiger partial charge >= 0.3 is 0 Å². The van der Waals surface area contributed by atoms with E-state index in [1.807, 2.05) is 31.2 Å². The third-order valence-corrected chi connectivity index (χ3v) is 5.61.